The van der Waals surface area contributed by atoms with E-state index in [2.05, 4.69) is 10.3 Å². The third-order valence-corrected chi connectivity index (χ3v) is 2.80. The molecular weight excluding hydrogens is 260 g/mol. The zero-order valence-corrected chi connectivity index (χ0v) is 9.77. The van der Waals surface area contributed by atoms with Crippen LogP contribution in [0.4, 0.5) is 14.6 Å². The number of rotatable bonds is 4. The molecule has 0 unspecified atom stereocenters. The summed E-state index contributed by atoms with van der Waals surface area (Å²) in [7, 11) is 0. The Kier molecular flexibility index (Phi) is 3.59. The molecule has 102 valence electrons. The van der Waals surface area contributed by atoms with Crippen molar-refractivity contribution in [1.82, 2.24) is 10.3 Å². The largest absolute Gasteiger partial charge is 0.480 e. The van der Waals surface area contributed by atoms with E-state index in [4.69, 9.17) is 5.11 Å². The molecule has 1 fully saturated rings. The van der Waals surface area contributed by atoms with Crippen molar-refractivity contribution in [3.63, 3.8) is 0 Å². The molecule has 1 aliphatic rings. The molecule has 1 saturated heterocycles. The number of halogens is 2. The standard InChI is InChI=1S/C11H11F2N3O3/c12-6-3-7(13)10(14-4-6)16-2-1-8(16)11(19)15-5-9(17)18/h3-4,8H,1-2,5H2,(H,15,19)(H,17,18)/t8-/m0/s1. The van der Waals surface area contributed by atoms with Crippen molar-refractivity contribution in [1.29, 1.82) is 0 Å². The number of aromatic nitrogens is 1. The fraction of sp³-hybridized carbons (Fsp3) is 0.364. The summed E-state index contributed by atoms with van der Waals surface area (Å²) < 4.78 is 26.2. The van der Waals surface area contributed by atoms with Crippen LogP contribution in [0.5, 0.6) is 0 Å². The van der Waals surface area contributed by atoms with Gasteiger partial charge in [-0.15, -0.1) is 0 Å². The molecular formula is C11H11F2N3O3. The van der Waals surface area contributed by atoms with E-state index in [-0.39, 0.29) is 5.82 Å². The van der Waals surface area contributed by atoms with Gasteiger partial charge in [0.2, 0.25) is 5.91 Å². The third-order valence-electron chi connectivity index (χ3n) is 2.80. The van der Waals surface area contributed by atoms with Crippen LogP contribution in [0.15, 0.2) is 12.3 Å². The van der Waals surface area contributed by atoms with Gasteiger partial charge in [0.1, 0.15) is 18.4 Å². The number of carbonyl (C=O) groups excluding carboxylic acids is 1. The molecule has 0 saturated carbocycles. The molecule has 0 aliphatic carbocycles. The van der Waals surface area contributed by atoms with Crippen LogP contribution in [0.2, 0.25) is 0 Å². The first-order valence-corrected chi connectivity index (χ1v) is 5.56. The first-order chi connectivity index (χ1) is 8.99. The molecule has 0 radical (unpaired) electrons. The van der Waals surface area contributed by atoms with Gasteiger partial charge in [0, 0.05) is 12.6 Å². The predicted octanol–water partition coefficient (Wildman–Crippen LogP) is 0.139. The summed E-state index contributed by atoms with van der Waals surface area (Å²) in [6.45, 7) is -0.0940. The SMILES string of the molecule is O=C(O)CNC(=O)[C@@H]1CCN1c1ncc(F)cc1F. The third kappa shape index (κ3) is 2.78. The summed E-state index contributed by atoms with van der Waals surface area (Å²) in [5, 5.41) is 10.7. The first-order valence-electron chi connectivity index (χ1n) is 5.56. The van der Waals surface area contributed by atoms with E-state index in [1.807, 2.05) is 0 Å². The van der Waals surface area contributed by atoms with Crippen molar-refractivity contribution >= 4 is 17.7 Å². The van der Waals surface area contributed by atoms with Gasteiger partial charge >= 0.3 is 5.97 Å². The van der Waals surface area contributed by atoms with Crippen LogP contribution >= 0.6 is 0 Å². The topological polar surface area (TPSA) is 82.5 Å². The molecule has 8 heteroatoms. The Morgan fingerprint density at radius 1 is 1.53 bits per heavy atom. The van der Waals surface area contributed by atoms with E-state index >= 15 is 0 Å². The molecule has 1 aromatic heterocycles. The molecule has 2 N–H and O–H groups in total. The van der Waals surface area contributed by atoms with Gasteiger partial charge in [0.05, 0.1) is 6.20 Å². The highest BCUT2D eigenvalue weighted by atomic mass is 19.1. The quantitative estimate of drug-likeness (QED) is 0.814. The summed E-state index contributed by atoms with van der Waals surface area (Å²) in [4.78, 5) is 27.0. The van der Waals surface area contributed by atoms with Crippen molar-refractivity contribution in [2.45, 2.75) is 12.5 Å². The number of hydrogen-bond acceptors (Lipinski definition) is 4. The smallest absolute Gasteiger partial charge is 0.322 e. The number of aliphatic carboxylic acids is 1. The highest BCUT2D eigenvalue weighted by Crippen LogP contribution is 2.27. The molecule has 1 amide bonds. The average Bonchev–Trinajstić information content (AvgIpc) is 2.28. The van der Waals surface area contributed by atoms with Crippen molar-refractivity contribution < 1.29 is 23.5 Å². The van der Waals surface area contributed by atoms with Gasteiger partial charge in [-0.25, -0.2) is 13.8 Å². The van der Waals surface area contributed by atoms with E-state index in [0.29, 0.717) is 19.0 Å². The lowest BCUT2D eigenvalue weighted by Gasteiger charge is -2.40. The molecule has 2 rings (SSSR count). The van der Waals surface area contributed by atoms with Crippen LogP contribution in [-0.2, 0) is 9.59 Å². The van der Waals surface area contributed by atoms with Gasteiger partial charge in [0.25, 0.3) is 0 Å². The van der Waals surface area contributed by atoms with Gasteiger partial charge in [-0.2, -0.15) is 0 Å². The number of amides is 1. The Bertz CT molecular complexity index is 524. The fourth-order valence-electron chi connectivity index (χ4n) is 1.81. The van der Waals surface area contributed by atoms with Gasteiger partial charge in [-0.3, -0.25) is 9.59 Å². The van der Waals surface area contributed by atoms with E-state index in [1.165, 1.54) is 4.90 Å². The van der Waals surface area contributed by atoms with Crippen molar-refractivity contribution in [3.8, 4) is 0 Å². The first kappa shape index (κ1) is 13.2. The van der Waals surface area contributed by atoms with Crippen LogP contribution in [-0.4, -0.2) is 41.1 Å². The fourth-order valence-corrected chi connectivity index (χ4v) is 1.81. The number of nitrogens with zero attached hydrogens (tertiary/aromatic N) is 2. The van der Waals surface area contributed by atoms with E-state index in [9.17, 15) is 18.4 Å². The maximum absolute atomic E-state index is 13.5. The molecule has 2 heterocycles. The number of hydrogen-bond donors (Lipinski definition) is 2. The van der Waals surface area contributed by atoms with Crippen LogP contribution in [0, 0.1) is 11.6 Å². The maximum atomic E-state index is 13.5. The van der Waals surface area contributed by atoms with Gasteiger partial charge in [0.15, 0.2) is 11.6 Å². The monoisotopic (exact) mass is 271 g/mol. The molecule has 0 bridgehead atoms. The normalized spacial score (nSPS) is 17.8. The Labute approximate surface area is 107 Å². The van der Waals surface area contributed by atoms with E-state index < -0.39 is 36.1 Å². The summed E-state index contributed by atoms with van der Waals surface area (Å²) in [5.41, 5.74) is 0. The Morgan fingerprint density at radius 2 is 2.26 bits per heavy atom. The molecule has 6 nitrogen and oxygen atoms in total. The summed E-state index contributed by atoms with van der Waals surface area (Å²) in [6.07, 6.45) is 1.33. The second kappa shape index (κ2) is 5.17. The predicted molar refractivity (Wildman–Crippen MR) is 60.5 cm³/mol. The highest BCUT2D eigenvalue weighted by Gasteiger charge is 2.36. The molecule has 0 aromatic carbocycles. The number of carbonyl (C=O) groups is 2. The summed E-state index contributed by atoms with van der Waals surface area (Å²) in [6, 6.07) is 0.0131. The summed E-state index contributed by atoms with van der Waals surface area (Å²) >= 11 is 0. The molecule has 1 atom stereocenters. The van der Waals surface area contributed by atoms with Crippen molar-refractivity contribution in [2.75, 3.05) is 18.0 Å². The number of carboxylic acids is 1. The number of nitrogens with one attached hydrogen (secondary N) is 1. The second-order valence-electron chi connectivity index (χ2n) is 4.07. The van der Waals surface area contributed by atoms with Gasteiger partial charge < -0.3 is 15.3 Å². The molecule has 1 aliphatic heterocycles. The van der Waals surface area contributed by atoms with Gasteiger partial charge in [-0.05, 0) is 6.42 Å². The minimum atomic E-state index is -1.16. The van der Waals surface area contributed by atoms with Gasteiger partial charge in [-0.1, -0.05) is 0 Å². The molecule has 1 aromatic rings. The van der Waals surface area contributed by atoms with E-state index in [0.717, 1.165) is 6.20 Å². The van der Waals surface area contributed by atoms with Crippen molar-refractivity contribution in [2.24, 2.45) is 0 Å². The lowest BCUT2D eigenvalue weighted by atomic mass is 10.0. The van der Waals surface area contributed by atoms with Crippen LogP contribution < -0.4 is 10.2 Å². The number of anilines is 1. The number of pyridine rings is 1. The lowest BCUT2D eigenvalue weighted by Crippen LogP contribution is -2.57. The number of carboxylic acid groups (broad SMARTS) is 1. The minimum Gasteiger partial charge on any atom is -0.480 e. The average molecular weight is 271 g/mol. The molecule has 19 heavy (non-hydrogen) atoms. The second-order valence-corrected chi connectivity index (χ2v) is 4.07. The Morgan fingerprint density at radius 3 is 2.79 bits per heavy atom. The maximum Gasteiger partial charge on any atom is 0.322 e. The summed E-state index contributed by atoms with van der Waals surface area (Å²) in [5.74, 6) is -3.43. The highest BCUT2D eigenvalue weighted by molar-refractivity contribution is 5.89. The minimum absolute atomic E-state index is 0.108. The van der Waals surface area contributed by atoms with Crippen LogP contribution in [0.3, 0.4) is 0 Å². The Balaban J connectivity index is 2.05. The van der Waals surface area contributed by atoms with E-state index in [1.54, 1.807) is 0 Å². The zero-order valence-electron chi connectivity index (χ0n) is 9.77. The van der Waals surface area contributed by atoms with Crippen LogP contribution in [0.25, 0.3) is 0 Å². The Hall–Kier alpha value is -2.25. The zero-order chi connectivity index (χ0) is 14.0. The van der Waals surface area contributed by atoms with Crippen LogP contribution in [0.1, 0.15) is 6.42 Å². The molecule has 0 spiro atoms. The lowest BCUT2D eigenvalue weighted by molar-refractivity contribution is -0.138. The van der Waals surface area contributed by atoms with Crippen molar-refractivity contribution in [3.05, 3.63) is 23.9 Å².